The third-order valence-corrected chi connectivity index (χ3v) is 4.26. The van der Waals surface area contributed by atoms with Gasteiger partial charge in [-0.1, -0.05) is 18.2 Å². The number of benzene rings is 1. The van der Waals surface area contributed by atoms with Crippen LogP contribution in [0.5, 0.6) is 0 Å². The van der Waals surface area contributed by atoms with Gasteiger partial charge < -0.3 is 5.11 Å². The third kappa shape index (κ3) is 2.24. The minimum absolute atomic E-state index is 0.310. The predicted molar refractivity (Wildman–Crippen MR) is 69.0 cm³/mol. The quantitative estimate of drug-likeness (QED) is 0.861. The van der Waals surface area contributed by atoms with Gasteiger partial charge in [-0.25, -0.2) is 0 Å². The number of fused-ring (bicyclic) bond motifs is 1. The highest BCUT2D eigenvalue weighted by Crippen LogP contribution is 2.25. The van der Waals surface area contributed by atoms with Crippen molar-refractivity contribution in [3.63, 3.8) is 0 Å². The molecule has 2 aliphatic rings. The van der Waals surface area contributed by atoms with Crippen LogP contribution in [0.4, 0.5) is 0 Å². The Morgan fingerprint density at radius 1 is 1.18 bits per heavy atom. The molecule has 1 N–H and O–H groups in total. The van der Waals surface area contributed by atoms with Crippen molar-refractivity contribution in [2.75, 3.05) is 13.2 Å². The maximum Gasteiger partial charge on any atom is 0.0587 e. The molecule has 1 aromatic rings. The number of aryl methyl sites for hydroxylation is 2. The molecule has 1 fully saturated rings. The van der Waals surface area contributed by atoms with Crippen molar-refractivity contribution in [3.05, 3.63) is 34.9 Å². The average molecular weight is 231 g/mol. The molecule has 1 aliphatic carbocycles. The normalized spacial score (nSPS) is 24.2. The lowest BCUT2D eigenvalue weighted by Gasteiger charge is -2.22. The fourth-order valence-electron chi connectivity index (χ4n) is 3.27. The minimum Gasteiger partial charge on any atom is -0.395 e. The maximum atomic E-state index is 9.33. The molecule has 0 amide bonds. The summed E-state index contributed by atoms with van der Waals surface area (Å²) in [6.45, 7) is 2.46. The summed E-state index contributed by atoms with van der Waals surface area (Å²) in [6, 6.07) is 7.36. The lowest BCUT2D eigenvalue weighted by molar-refractivity contribution is 0.153. The van der Waals surface area contributed by atoms with Gasteiger partial charge in [-0.3, -0.25) is 4.90 Å². The van der Waals surface area contributed by atoms with Crippen LogP contribution in [0.3, 0.4) is 0 Å². The Labute approximate surface area is 103 Å². The Bertz CT molecular complexity index is 402. The van der Waals surface area contributed by atoms with Gasteiger partial charge in [0.05, 0.1) is 6.61 Å². The number of hydrogen-bond acceptors (Lipinski definition) is 2. The van der Waals surface area contributed by atoms with Crippen LogP contribution in [0.25, 0.3) is 0 Å². The Morgan fingerprint density at radius 2 is 2.06 bits per heavy atom. The van der Waals surface area contributed by atoms with Gasteiger partial charge >= 0.3 is 0 Å². The number of aliphatic hydroxyl groups is 1. The molecule has 0 aromatic heterocycles. The SMILES string of the molecule is OC[C@@H]1CCCN1Cc1ccc2c(c1)CCC2. The predicted octanol–water partition coefficient (Wildman–Crippen LogP) is 2.13. The van der Waals surface area contributed by atoms with Crippen molar-refractivity contribution >= 4 is 0 Å². The Kier molecular flexibility index (Phi) is 3.17. The summed E-state index contributed by atoms with van der Waals surface area (Å²) in [6.07, 6.45) is 6.23. The van der Waals surface area contributed by atoms with Gasteiger partial charge in [-0.2, -0.15) is 0 Å². The number of hydrogen-bond donors (Lipinski definition) is 1. The standard InChI is InChI=1S/C15H21NO/c17-11-15-5-2-8-16(15)10-12-6-7-13-3-1-4-14(13)9-12/h6-7,9,15,17H,1-5,8,10-11H2/t15-/m0/s1. The molecule has 0 bridgehead atoms. The van der Waals surface area contributed by atoms with Crippen LogP contribution in [-0.4, -0.2) is 29.2 Å². The molecule has 17 heavy (non-hydrogen) atoms. The molecule has 0 radical (unpaired) electrons. The molecule has 1 saturated heterocycles. The van der Waals surface area contributed by atoms with Crippen LogP contribution >= 0.6 is 0 Å². The van der Waals surface area contributed by atoms with E-state index in [1.165, 1.54) is 31.2 Å². The molecule has 3 rings (SSSR count). The molecule has 0 saturated carbocycles. The van der Waals surface area contributed by atoms with Gasteiger partial charge in [0.25, 0.3) is 0 Å². The molecule has 1 aromatic carbocycles. The largest absolute Gasteiger partial charge is 0.395 e. The molecular formula is C15H21NO. The molecule has 92 valence electrons. The zero-order valence-corrected chi connectivity index (χ0v) is 10.4. The van der Waals surface area contributed by atoms with E-state index >= 15 is 0 Å². The Balaban J connectivity index is 1.72. The summed E-state index contributed by atoms with van der Waals surface area (Å²) in [4.78, 5) is 2.43. The molecule has 0 spiro atoms. The summed E-state index contributed by atoms with van der Waals surface area (Å²) in [7, 11) is 0. The van der Waals surface area contributed by atoms with E-state index < -0.39 is 0 Å². The first-order chi connectivity index (χ1) is 8.36. The fourth-order valence-corrected chi connectivity index (χ4v) is 3.27. The van der Waals surface area contributed by atoms with Crippen LogP contribution in [0.2, 0.25) is 0 Å². The van der Waals surface area contributed by atoms with E-state index in [9.17, 15) is 5.11 Å². The topological polar surface area (TPSA) is 23.5 Å². The summed E-state index contributed by atoms with van der Waals surface area (Å²) in [5, 5.41) is 9.33. The van der Waals surface area contributed by atoms with E-state index in [2.05, 4.69) is 23.1 Å². The van der Waals surface area contributed by atoms with Crippen molar-refractivity contribution < 1.29 is 5.11 Å². The number of nitrogens with zero attached hydrogens (tertiary/aromatic N) is 1. The van der Waals surface area contributed by atoms with E-state index in [4.69, 9.17) is 0 Å². The van der Waals surface area contributed by atoms with E-state index in [-0.39, 0.29) is 0 Å². The number of rotatable bonds is 3. The van der Waals surface area contributed by atoms with Gasteiger partial charge in [0.15, 0.2) is 0 Å². The molecule has 2 nitrogen and oxygen atoms in total. The van der Waals surface area contributed by atoms with Crippen LogP contribution < -0.4 is 0 Å². The van der Waals surface area contributed by atoms with Crippen LogP contribution in [0.1, 0.15) is 36.0 Å². The summed E-state index contributed by atoms with van der Waals surface area (Å²) in [5.74, 6) is 0. The van der Waals surface area contributed by atoms with Crippen LogP contribution in [0.15, 0.2) is 18.2 Å². The molecule has 2 heteroatoms. The highest BCUT2D eigenvalue weighted by atomic mass is 16.3. The second kappa shape index (κ2) is 4.79. The first kappa shape index (κ1) is 11.2. The van der Waals surface area contributed by atoms with Crippen molar-refractivity contribution in [2.24, 2.45) is 0 Å². The molecule has 1 atom stereocenters. The van der Waals surface area contributed by atoms with Gasteiger partial charge in [-0.15, -0.1) is 0 Å². The summed E-state index contributed by atoms with van der Waals surface area (Å²) in [5.41, 5.74) is 4.53. The van der Waals surface area contributed by atoms with E-state index in [1.807, 2.05) is 0 Å². The lowest BCUT2D eigenvalue weighted by Crippen LogP contribution is -2.31. The number of aliphatic hydroxyl groups excluding tert-OH is 1. The second-order valence-electron chi connectivity index (χ2n) is 5.41. The smallest absolute Gasteiger partial charge is 0.0587 e. The number of likely N-dealkylation sites (tertiary alicyclic amines) is 1. The molecular weight excluding hydrogens is 210 g/mol. The monoisotopic (exact) mass is 231 g/mol. The third-order valence-electron chi connectivity index (χ3n) is 4.26. The highest BCUT2D eigenvalue weighted by molar-refractivity contribution is 5.35. The van der Waals surface area contributed by atoms with Crippen molar-refractivity contribution in [1.82, 2.24) is 4.90 Å². The zero-order valence-electron chi connectivity index (χ0n) is 10.4. The van der Waals surface area contributed by atoms with E-state index in [1.54, 1.807) is 11.1 Å². The van der Waals surface area contributed by atoms with Gasteiger partial charge in [0.1, 0.15) is 0 Å². The minimum atomic E-state index is 0.310. The van der Waals surface area contributed by atoms with Gasteiger partial charge in [-0.05, 0) is 55.3 Å². The zero-order chi connectivity index (χ0) is 11.7. The molecule has 1 aliphatic heterocycles. The van der Waals surface area contributed by atoms with Crippen LogP contribution in [0, 0.1) is 0 Å². The first-order valence-corrected chi connectivity index (χ1v) is 6.82. The Morgan fingerprint density at radius 3 is 2.94 bits per heavy atom. The molecule has 0 unspecified atom stereocenters. The summed E-state index contributed by atoms with van der Waals surface area (Å²) >= 11 is 0. The summed E-state index contributed by atoms with van der Waals surface area (Å²) < 4.78 is 0. The van der Waals surface area contributed by atoms with Crippen molar-refractivity contribution in [2.45, 2.75) is 44.7 Å². The van der Waals surface area contributed by atoms with Gasteiger partial charge in [0, 0.05) is 12.6 Å². The lowest BCUT2D eigenvalue weighted by atomic mass is 10.1. The first-order valence-electron chi connectivity index (χ1n) is 6.82. The van der Waals surface area contributed by atoms with E-state index in [0.717, 1.165) is 19.5 Å². The molecule has 1 heterocycles. The van der Waals surface area contributed by atoms with Gasteiger partial charge in [0.2, 0.25) is 0 Å². The fraction of sp³-hybridized carbons (Fsp3) is 0.600. The second-order valence-corrected chi connectivity index (χ2v) is 5.41. The van der Waals surface area contributed by atoms with E-state index in [0.29, 0.717) is 12.6 Å². The van der Waals surface area contributed by atoms with Crippen LogP contribution in [-0.2, 0) is 19.4 Å². The Hall–Kier alpha value is -0.860. The average Bonchev–Trinajstić information content (AvgIpc) is 2.96. The maximum absolute atomic E-state index is 9.33. The highest BCUT2D eigenvalue weighted by Gasteiger charge is 2.23. The van der Waals surface area contributed by atoms with Crippen molar-refractivity contribution in [1.29, 1.82) is 0 Å². The van der Waals surface area contributed by atoms with Crippen molar-refractivity contribution in [3.8, 4) is 0 Å².